The molecule has 0 heterocycles. The van der Waals surface area contributed by atoms with Crippen molar-refractivity contribution < 1.29 is 18.7 Å². The Morgan fingerprint density at radius 1 is 0.944 bits per heavy atom. The van der Waals surface area contributed by atoms with Crippen molar-refractivity contribution in [3.8, 4) is 0 Å². The molecule has 1 N–H and O–H groups in total. The molecule has 0 aromatic rings. The fourth-order valence-corrected chi connectivity index (χ4v) is 12.8. The van der Waals surface area contributed by atoms with Gasteiger partial charge in [0, 0.05) is 17.5 Å². The van der Waals surface area contributed by atoms with E-state index in [1.165, 1.54) is 0 Å². The van der Waals surface area contributed by atoms with Crippen molar-refractivity contribution in [2.24, 2.45) is 11.8 Å². The standard InChI is InChI=1S/C29H61IO4Si2/c1-20(2)36(21(3)4,22(5)6)33-17-16-23(7)28(32-13)25(9)26(31)18-27(24(8)19-30)34-35(14,15)29(10,11)12/h16,20-22,24-28,31H,17-19H2,1-15H3/b23-16+/t24?,25-,26-,27-,28-/m0/s1. The predicted molar refractivity (Wildman–Crippen MR) is 171 cm³/mol. The van der Waals surface area contributed by atoms with E-state index in [-0.39, 0.29) is 23.2 Å². The summed E-state index contributed by atoms with van der Waals surface area (Å²) < 4.78 is 20.5. The van der Waals surface area contributed by atoms with Gasteiger partial charge in [0.1, 0.15) is 0 Å². The molecule has 4 nitrogen and oxygen atoms in total. The Hall–Kier alpha value is 0.744. The van der Waals surface area contributed by atoms with Gasteiger partial charge in [-0.1, -0.05) is 105 Å². The fourth-order valence-electron chi connectivity index (χ4n) is 5.45. The van der Waals surface area contributed by atoms with Crippen LogP contribution >= 0.6 is 22.6 Å². The number of aliphatic hydroxyl groups excluding tert-OH is 1. The number of hydrogen-bond acceptors (Lipinski definition) is 4. The maximum Gasteiger partial charge on any atom is 0.200 e. The van der Waals surface area contributed by atoms with Crippen LogP contribution in [0, 0.1) is 11.8 Å². The number of halogens is 1. The molecule has 0 aliphatic carbocycles. The summed E-state index contributed by atoms with van der Waals surface area (Å²) in [6.07, 6.45) is 2.20. The minimum Gasteiger partial charge on any atom is -0.414 e. The van der Waals surface area contributed by atoms with Crippen LogP contribution < -0.4 is 0 Å². The van der Waals surface area contributed by atoms with Crippen molar-refractivity contribution in [2.75, 3.05) is 18.1 Å². The molecule has 0 bridgehead atoms. The van der Waals surface area contributed by atoms with E-state index < -0.39 is 22.7 Å². The number of methoxy groups -OCH3 is 1. The molecule has 216 valence electrons. The maximum absolute atomic E-state index is 11.4. The summed E-state index contributed by atoms with van der Waals surface area (Å²) in [7, 11) is -2.10. The summed E-state index contributed by atoms with van der Waals surface area (Å²) in [6.45, 7) is 32.4. The number of ether oxygens (including phenoxy) is 1. The number of alkyl halides is 1. The van der Waals surface area contributed by atoms with Gasteiger partial charge in [-0.2, -0.15) is 0 Å². The molecule has 0 aliphatic rings. The molecule has 0 rings (SSSR count). The Kier molecular flexibility index (Phi) is 15.8. The van der Waals surface area contributed by atoms with Crippen molar-refractivity contribution in [3.05, 3.63) is 11.6 Å². The Labute approximate surface area is 241 Å². The van der Waals surface area contributed by atoms with Crippen LogP contribution in [0.15, 0.2) is 11.6 Å². The van der Waals surface area contributed by atoms with Crippen LogP contribution in [0.5, 0.6) is 0 Å². The fraction of sp³-hybridized carbons (Fsp3) is 0.931. The molecule has 0 aromatic carbocycles. The van der Waals surface area contributed by atoms with Crippen LogP contribution in [-0.2, 0) is 13.6 Å². The van der Waals surface area contributed by atoms with E-state index in [2.05, 4.69) is 125 Å². The lowest BCUT2D eigenvalue weighted by Crippen LogP contribution is -2.48. The zero-order chi connectivity index (χ0) is 28.6. The van der Waals surface area contributed by atoms with E-state index in [4.69, 9.17) is 13.6 Å². The lowest BCUT2D eigenvalue weighted by molar-refractivity contribution is -0.0152. The van der Waals surface area contributed by atoms with E-state index in [9.17, 15) is 5.11 Å². The van der Waals surface area contributed by atoms with Crippen molar-refractivity contribution in [1.29, 1.82) is 0 Å². The van der Waals surface area contributed by atoms with Crippen molar-refractivity contribution in [1.82, 2.24) is 0 Å². The molecule has 0 saturated carbocycles. The van der Waals surface area contributed by atoms with Gasteiger partial charge < -0.3 is 18.7 Å². The van der Waals surface area contributed by atoms with Gasteiger partial charge in [-0.15, -0.1) is 0 Å². The molecule has 0 aliphatic heterocycles. The molecule has 36 heavy (non-hydrogen) atoms. The second-order valence-electron chi connectivity index (χ2n) is 13.4. The molecule has 7 heteroatoms. The van der Waals surface area contributed by atoms with E-state index >= 15 is 0 Å². The smallest absolute Gasteiger partial charge is 0.200 e. The van der Waals surface area contributed by atoms with Crippen LogP contribution in [0.25, 0.3) is 0 Å². The summed E-state index contributed by atoms with van der Waals surface area (Å²) in [6, 6.07) is 0. The Morgan fingerprint density at radius 2 is 1.42 bits per heavy atom. The van der Waals surface area contributed by atoms with E-state index in [0.717, 1.165) is 10.0 Å². The summed E-state index contributed by atoms with van der Waals surface area (Å²) in [4.78, 5) is 0. The van der Waals surface area contributed by atoms with Gasteiger partial charge in [-0.25, -0.2) is 0 Å². The number of hydrogen-bond donors (Lipinski definition) is 1. The molecule has 0 radical (unpaired) electrons. The van der Waals surface area contributed by atoms with Crippen LogP contribution in [0.2, 0.25) is 34.8 Å². The normalized spacial score (nSPS) is 18.6. The highest BCUT2D eigenvalue weighted by molar-refractivity contribution is 14.1. The first-order valence-corrected chi connectivity index (χ1v) is 20.6. The molecular weight excluding hydrogens is 595 g/mol. The minimum absolute atomic E-state index is 0.0412. The molecule has 0 saturated heterocycles. The average molecular weight is 657 g/mol. The average Bonchev–Trinajstić information content (AvgIpc) is 2.74. The molecule has 0 aromatic heterocycles. The predicted octanol–water partition coefficient (Wildman–Crippen LogP) is 8.99. The first kappa shape index (κ1) is 36.7. The van der Waals surface area contributed by atoms with E-state index in [1.54, 1.807) is 7.11 Å². The topological polar surface area (TPSA) is 47.9 Å². The van der Waals surface area contributed by atoms with Gasteiger partial charge in [0.25, 0.3) is 0 Å². The van der Waals surface area contributed by atoms with Gasteiger partial charge in [-0.05, 0) is 59.6 Å². The largest absolute Gasteiger partial charge is 0.414 e. The van der Waals surface area contributed by atoms with Gasteiger partial charge in [-0.3, -0.25) is 0 Å². The second kappa shape index (κ2) is 15.5. The van der Waals surface area contributed by atoms with Crippen LogP contribution in [0.1, 0.15) is 89.5 Å². The van der Waals surface area contributed by atoms with Crippen LogP contribution in [-0.4, -0.2) is 58.2 Å². The third-order valence-electron chi connectivity index (χ3n) is 8.84. The molecule has 1 unspecified atom stereocenters. The van der Waals surface area contributed by atoms with Crippen molar-refractivity contribution in [2.45, 2.75) is 143 Å². The molecule has 0 amide bonds. The van der Waals surface area contributed by atoms with Gasteiger partial charge in [0.2, 0.25) is 8.32 Å². The number of aliphatic hydroxyl groups is 1. The van der Waals surface area contributed by atoms with Crippen LogP contribution in [0.3, 0.4) is 0 Å². The summed E-state index contributed by atoms with van der Waals surface area (Å²) in [5.74, 6) is 0.342. The Morgan fingerprint density at radius 3 is 1.78 bits per heavy atom. The van der Waals surface area contributed by atoms with Gasteiger partial charge >= 0.3 is 0 Å². The quantitative estimate of drug-likeness (QED) is 0.0780. The summed E-state index contributed by atoms with van der Waals surface area (Å²) in [5.41, 5.74) is 2.81. The highest BCUT2D eigenvalue weighted by Crippen LogP contribution is 2.42. The second-order valence-corrected chi connectivity index (χ2v) is 24.5. The monoisotopic (exact) mass is 656 g/mol. The first-order valence-electron chi connectivity index (χ1n) is 14.0. The zero-order valence-electron chi connectivity index (χ0n) is 26.4. The minimum atomic E-state index is -1.94. The first-order chi connectivity index (χ1) is 16.3. The SMILES string of the molecule is CO[C@@H](/C(C)=C/CO[Si](C(C)C)(C(C)C)C(C)C)[C@@H](C)[C@@H](O)C[C@H](O[Si](C)(C)C(C)(C)C)C(C)CI. The summed E-state index contributed by atoms with van der Waals surface area (Å²) in [5, 5.41) is 11.5. The summed E-state index contributed by atoms with van der Waals surface area (Å²) >= 11 is 2.44. The van der Waals surface area contributed by atoms with Gasteiger partial charge in [0.15, 0.2) is 8.32 Å². The third kappa shape index (κ3) is 9.74. The van der Waals surface area contributed by atoms with Crippen molar-refractivity contribution >= 4 is 39.2 Å². The zero-order valence-corrected chi connectivity index (χ0v) is 30.5. The van der Waals surface area contributed by atoms with Crippen molar-refractivity contribution in [3.63, 3.8) is 0 Å². The third-order valence-corrected chi connectivity index (χ3v) is 20.8. The lowest BCUT2D eigenvalue weighted by Gasteiger charge is -2.42. The highest BCUT2D eigenvalue weighted by atomic mass is 127. The number of rotatable bonds is 16. The van der Waals surface area contributed by atoms with Crippen LogP contribution in [0.4, 0.5) is 0 Å². The Balaban J connectivity index is 5.61. The molecular formula is C29H61IO4Si2. The molecule has 0 fully saturated rings. The maximum atomic E-state index is 11.4. The molecule has 5 atom stereocenters. The van der Waals surface area contributed by atoms with E-state index in [0.29, 0.717) is 35.6 Å². The Bertz CT molecular complexity index is 636. The van der Waals surface area contributed by atoms with Gasteiger partial charge in [0.05, 0.1) is 24.9 Å². The molecule has 0 spiro atoms. The van der Waals surface area contributed by atoms with E-state index in [1.807, 2.05) is 0 Å². The lowest BCUT2D eigenvalue weighted by atomic mass is 9.88. The highest BCUT2D eigenvalue weighted by Gasteiger charge is 2.45.